The van der Waals surface area contributed by atoms with Crippen LogP contribution >= 0.6 is 11.6 Å². The molecule has 3 aromatic carbocycles. The fraction of sp³-hybridized carbons (Fsp3) is 0.259. The first kappa shape index (κ1) is 20.6. The summed E-state index contributed by atoms with van der Waals surface area (Å²) in [7, 11) is 0. The normalized spacial score (nSPS) is 15.2. The third kappa shape index (κ3) is 3.57. The smallest absolute Gasteiger partial charge is 0.116 e. The molecule has 33 heavy (non-hydrogen) atoms. The number of aromatic nitrogens is 2. The van der Waals surface area contributed by atoms with Crippen LogP contribution in [0.4, 0.5) is 0 Å². The Labute approximate surface area is 197 Å². The van der Waals surface area contributed by atoms with E-state index in [1.54, 1.807) is 6.07 Å². The predicted octanol–water partition coefficient (Wildman–Crippen LogP) is 6.02. The first-order chi connectivity index (χ1) is 16.2. The first-order valence-electron chi connectivity index (χ1n) is 11.5. The van der Waals surface area contributed by atoms with Crippen LogP contribution in [-0.2, 0) is 11.3 Å². The number of nitrogens with one attached hydrogen (secondary N) is 1. The molecule has 6 rings (SSSR count). The molecule has 2 N–H and O–H groups in total. The van der Waals surface area contributed by atoms with Crippen LogP contribution < -0.4 is 0 Å². The van der Waals surface area contributed by atoms with Crippen molar-refractivity contribution < 1.29 is 9.84 Å². The van der Waals surface area contributed by atoms with Crippen molar-refractivity contribution >= 4 is 44.2 Å². The van der Waals surface area contributed by atoms with Gasteiger partial charge >= 0.3 is 0 Å². The molecule has 0 saturated carbocycles. The van der Waals surface area contributed by atoms with E-state index in [1.807, 2.05) is 36.5 Å². The Hall–Kier alpha value is -2.99. The van der Waals surface area contributed by atoms with Crippen molar-refractivity contribution in [2.75, 3.05) is 32.8 Å². The van der Waals surface area contributed by atoms with Gasteiger partial charge in [-0.25, -0.2) is 0 Å². The molecule has 5 nitrogen and oxygen atoms in total. The molecule has 0 unspecified atom stereocenters. The zero-order valence-corrected chi connectivity index (χ0v) is 19.1. The maximum atomic E-state index is 10.3. The molecule has 0 spiro atoms. The summed E-state index contributed by atoms with van der Waals surface area (Å²) in [6, 6.07) is 16.0. The van der Waals surface area contributed by atoms with Gasteiger partial charge in [-0.2, -0.15) is 0 Å². The standard InChI is InChI=1S/C27H26ClN3O2/c28-24-5-2-1-4-19(24)20-15-26-27(23-17-29-16-22(20)23)21-14-18(32)6-7-25(21)31(26)9-3-8-30-10-12-33-13-11-30/h1-2,4-7,14-17,29,32H,3,8-13H2. The molecule has 0 aliphatic carbocycles. The Kier molecular flexibility index (Phi) is 5.25. The third-order valence-electron chi connectivity index (χ3n) is 6.80. The van der Waals surface area contributed by atoms with Crippen molar-refractivity contribution in [3.8, 4) is 16.9 Å². The van der Waals surface area contributed by atoms with Crippen LogP contribution in [0.25, 0.3) is 43.7 Å². The summed E-state index contributed by atoms with van der Waals surface area (Å²) < 4.78 is 7.89. The number of H-pyrrole nitrogens is 1. The number of morpholine rings is 1. The summed E-state index contributed by atoms with van der Waals surface area (Å²) in [5, 5.41) is 15.5. The summed E-state index contributed by atoms with van der Waals surface area (Å²) in [5.41, 5.74) is 4.45. The second kappa shape index (κ2) is 8.41. The van der Waals surface area contributed by atoms with Crippen molar-refractivity contribution in [1.82, 2.24) is 14.5 Å². The maximum Gasteiger partial charge on any atom is 0.116 e. The number of hydrogen-bond acceptors (Lipinski definition) is 3. The monoisotopic (exact) mass is 459 g/mol. The molecular weight excluding hydrogens is 434 g/mol. The summed E-state index contributed by atoms with van der Waals surface area (Å²) in [5.74, 6) is 0.286. The molecule has 6 heteroatoms. The first-order valence-corrected chi connectivity index (χ1v) is 11.9. The van der Waals surface area contributed by atoms with Gasteiger partial charge in [0.25, 0.3) is 0 Å². The van der Waals surface area contributed by atoms with Gasteiger partial charge in [-0.05, 0) is 42.3 Å². The lowest BCUT2D eigenvalue weighted by molar-refractivity contribution is 0.0370. The SMILES string of the molecule is Oc1ccc2c(c1)c1c3c[nH]cc3c(-c3ccccc3Cl)cc1n2CCCN1CCOCC1. The molecular formula is C27H26ClN3O2. The number of rotatable bonds is 5. The average Bonchev–Trinajstić information content (AvgIpc) is 3.43. The molecule has 1 aliphatic heterocycles. The van der Waals surface area contributed by atoms with Crippen molar-refractivity contribution in [2.24, 2.45) is 0 Å². The van der Waals surface area contributed by atoms with Crippen molar-refractivity contribution in [2.45, 2.75) is 13.0 Å². The number of ether oxygens (including phenoxy) is 1. The Balaban J connectivity index is 1.53. The second-order valence-electron chi connectivity index (χ2n) is 8.74. The summed E-state index contributed by atoms with van der Waals surface area (Å²) in [6.07, 6.45) is 5.14. The van der Waals surface area contributed by atoms with Gasteiger partial charge in [-0.1, -0.05) is 29.8 Å². The second-order valence-corrected chi connectivity index (χ2v) is 9.15. The van der Waals surface area contributed by atoms with Crippen molar-refractivity contribution in [3.63, 3.8) is 0 Å². The molecule has 0 bridgehead atoms. The van der Waals surface area contributed by atoms with E-state index in [4.69, 9.17) is 16.3 Å². The van der Waals surface area contributed by atoms with Crippen LogP contribution in [0.3, 0.4) is 0 Å². The Morgan fingerprint density at radius 1 is 0.879 bits per heavy atom. The lowest BCUT2D eigenvalue weighted by atomic mass is 9.97. The van der Waals surface area contributed by atoms with Gasteiger partial charge in [0.05, 0.1) is 18.7 Å². The van der Waals surface area contributed by atoms with E-state index >= 15 is 0 Å². The summed E-state index contributed by atoms with van der Waals surface area (Å²) in [6.45, 7) is 5.60. The van der Waals surface area contributed by atoms with Crippen LogP contribution in [-0.4, -0.2) is 52.4 Å². The van der Waals surface area contributed by atoms with Crippen LogP contribution in [0.15, 0.2) is 60.9 Å². The fourth-order valence-corrected chi connectivity index (χ4v) is 5.46. The summed E-state index contributed by atoms with van der Waals surface area (Å²) >= 11 is 6.62. The minimum atomic E-state index is 0.286. The van der Waals surface area contributed by atoms with Gasteiger partial charge in [0.2, 0.25) is 0 Å². The lowest BCUT2D eigenvalue weighted by Gasteiger charge is -2.26. The molecule has 1 aliphatic rings. The topological polar surface area (TPSA) is 53.4 Å². The Morgan fingerprint density at radius 2 is 1.70 bits per heavy atom. The molecule has 3 heterocycles. The molecule has 5 aromatic rings. The number of halogens is 1. The van der Waals surface area contributed by atoms with E-state index in [0.717, 1.165) is 83.6 Å². The number of aryl methyl sites for hydroxylation is 1. The van der Waals surface area contributed by atoms with Gasteiger partial charge < -0.3 is 19.4 Å². The highest BCUT2D eigenvalue weighted by Crippen LogP contribution is 2.42. The largest absolute Gasteiger partial charge is 0.508 e. The lowest BCUT2D eigenvalue weighted by Crippen LogP contribution is -2.37. The maximum absolute atomic E-state index is 10.3. The van der Waals surface area contributed by atoms with E-state index in [1.165, 1.54) is 10.9 Å². The fourth-order valence-electron chi connectivity index (χ4n) is 5.22. The van der Waals surface area contributed by atoms with E-state index in [-0.39, 0.29) is 5.75 Å². The molecule has 0 atom stereocenters. The Bertz CT molecular complexity index is 1460. The highest BCUT2D eigenvalue weighted by Gasteiger charge is 2.19. The van der Waals surface area contributed by atoms with Crippen LogP contribution in [0.1, 0.15) is 6.42 Å². The highest BCUT2D eigenvalue weighted by atomic mass is 35.5. The number of hydrogen-bond donors (Lipinski definition) is 2. The van der Waals surface area contributed by atoms with Gasteiger partial charge in [0.1, 0.15) is 5.75 Å². The quantitative estimate of drug-likeness (QED) is 0.337. The molecule has 2 aromatic heterocycles. The summed E-state index contributed by atoms with van der Waals surface area (Å²) in [4.78, 5) is 5.78. The van der Waals surface area contributed by atoms with E-state index in [0.29, 0.717) is 0 Å². The molecule has 1 fully saturated rings. The number of aromatic hydroxyl groups is 1. The van der Waals surface area contributed by atoms with Crippen LogP contribution in [0.5, 0.6) is 5.75 Å². The van der Waals surface area contributed by atoms with E-state index in [2.05, 4.69) is 32.8 Å². The zero-order valence-electron chi connectivity index (χ0n) is 18.4. The van der Waals surface area contributed by atoms with E-state index in [9.17, 15) is 5.11 Å². The van der Waals surface area contributed by atoms with Gasteiger partial charge in [-0.15, -0.1) is 0 Å². The average molecular weight is 460 g/mol. The number of fused-ring (bicyclic) bond motifs is 5. The molecule has 0 radical (unpaired) electrons. The number of benzene rings is 3. The number of aromatic amines is 1. The van der Waals surface area contributed by atoms with Gasteiger partial charge in [0, 0.05) is 76.2 Å². The third-order valence-corrected chi connectivity index (χ3v) is 7.13. The Morgan fingerprint density at radius 3 is 2.55 bits per heavy atom. The van der Waals surface area contributed by atoms with Crippen LogP contribution in [0.2, 0.25) is 5.02 Å². The highest BCUT2D eigenvalue weighted by molar-refractivity contribution is 6.34. The van der Waals surface area contributed by atoms with Crippen LogP contribution in [0, 0.1) is 0 Å². The minimum Gasteiger partial charge on any atom is -0.508 e. The molecule has 0 amide bonds. The van der Waals surface area contributed by atoms with Gasteiger partial charge in [-0.3, -0.25) is 4.90 Å². The van der Waals surface area contributed by atoms with Crippen molar-refractivity contribution in [3.05, 3.63) is 65.9 Å². The number of nitrogens with zero attached hydrogens (tertiary/aromatic N) is 2. The zero-order chi connectivity index (χ0) is 22.4. The number of phenols is 1. The predicted molar refractivity (Wildman–Crippen MR) is 135 cm³/mol. The molecule has 168 valence electrons. The number of phenolic OH excluding ortho intramolecular Hbond substituents is 1. The van der Waals surface area contributed by atoms with Crippen molar-refractivity contribution in [1.29, 1.82) is 0 Å². The van der Waals surface area contributed by atoms with Gasteiger partial charge in [0.15, 0.2) is 0 Å². The minimum absolute atomic E-state index is 0.286. The van der Waals surface area contributed by atoms with E-state index < -0.39 is 0 Å². The molecule has 1 saturated heterocycles.